The zero-order valence-electron chi connectivity index (χ0n) is 11.9. The third kappa shape index (κ3) is 3.49. The van der Waals surface area contributed by atoms with Gasteiger partial charge in [0, 0.05) is 5.41 Å². The van der Waals surface area contributed by atoms with E-state index < -0.39 is 17.2 Å². The molecule has 116 valence electrons. The summed E-state index contributed by atoms with van der Waals surface area (Å²) in [6.45, 7) is 1.89. The standard InChI is InChI=1S/C15H19F3N2O/c1-14(7-3-2-4-8-14)13(21)20-12-6-5-10(9-11(12)19)15(16,17)18/h5-6,9H,2-4,7-8,19H2,1H3,(H,20,21). The fourth-order valence-corrected chi connectivity index (χ4v) is 2.69. The molecule has 0 radical (unpaired) electrons. The molecule has 1 fully saturated rings. The molecule has 0 bridgehead atoms. The van der Waals surface area contributed by atoms with Crippen molar-refractivity contribution >= 4 is 17.3 Å². The summed E-state index contributed by atoms with van der Waals surface area (Å²) >= 11 is 0. The first-order valence-electron chi connectivity index (χ1n) is 7.00. The maximum Gasteiger partial charge on any atom is 0.416 e. The molecule has 1 aromatic carbocycles. The number of carbonyl (C=O) groups excluding carboxylic acids is 1. The molecular weight excluding hydrogens is 281 g/mol. The Bertz CT molecular complexity index is 534. The van der Waals surface area contributed by atoms with Crippen LogP contribution in [0.4, 0.5) is 24.5 Å². The number of anilines is 2. The van der Waals surface area contributed by atoms with Crippen molar-refractivity contribution in [3.05, 3.63) is 23.8 Å². The van der Waals surface area contributed by atoms with E-state index in [1.54, 1.807) is 0 Å². The van der Waals surface area contributed by atoms with Gasteiger partial charge in [-0.3, -0.25) is 4.79 Å². The molecule has 3 nitrogen and oxygen atoms in total. The van der Waals surface area contributed by atoms with E-state index in [2.05, 4.69) is 5.32 Å². The maximum atomic E-state index is 12.6. The second-order valence-electron chi connectivity index (χ2n) is 5.88. The Morgan fingerprint density at radius 2 is 1.86 bits per heavy atom. The van der Waals surface area contributed by atoms with Gasteiger partial charge in [0.15, 0.2) is 0 Å². The van der Waals surface area contributed by atoms with Gasteiger partial charge in [-0.1, -0.05) is 26.2 Å². The van der Waals surface area contributed by atoms with Gasteiger partial charge in [0.05, 0.1) is 16.9 Å². The normalized spacial score (nSPS) is 18.3. The van der Waals surface area contributed by atoms with Gasteiger partial charge in [-0.2, -0.15) is 13.2 Å². The summed E-state index contributed by atoms with van der Waals surface area (Å²) < 4.78 is 37.7. The van der Waals surface area contributed by atoms with Gasteiger partial charge >= 0.3 is 6.18 Å². The van der Waals surface area contributed by atoms with Crippen LogP contribution in [0.3, 0.4) is 0 Å². The van der Waals surface area contributed by atoms with Crippen molar-refractivity contribution in [3.8, 4) is 0 Å². The molecule has 1 aliphatic carbocycles. The van der Waals surface area contributed by atoms with Crippen LogP contribution in [0, 0.1) is 5.41 Å². The van der Waals surface area contributed by atoms with Crippen LogP contribution in [0.15, 0.2) is 18.2 Å². The lowest BCUT2D eigenvalue weighted by atomic mass is 9.75. The highest BCUT2D eigenvalue weighted by Gasteiger charge is 2.35. The third-order valence-corrected chi connectivity index (χ3v) is 4.13. The summed E-state index contributed by atoms with van der Waals surface area (Å²) in [4.78, 5) is 12.3. The van der Waals surface area contributed by atoms with Crippen molar-refractivity contribution in [2.24, 2.45) is 5.41 Å². The molecule has 1 aliphatic rings. The lowest BCUT2D eigenvalue weighted by molar-refractivity contribution is -0.137. The summed E-state index contributed by atoms with van der Waals surface area (Å²) in [7, 11) is 0. The number of carbonyl (C=O) groups is 1. The minimum atomic E-state index is -4.44. The second-order valence-corrected chi connectivity index (χ2v) is 5.88. The number of amides is 1. The second kappa shape index (κ2) is 5.58. The number of alkyl halides is 3. The highest BCUT2D eigenvalue weighted by molar-refractivity contribution is 5.97. The van der Waals surface area contributed by atoms with Crippen LogP contribution in [0.5, 0.6) is 0 Å². The molecule has 0 aromatic heterocycles. The molecule has 0 spiro atoms. The molecule has 3 N–H and O–H groups in total. The van der Waals surface area contributed by atoms with Crippen molar-refractivity contribution in [1.82, 2.24) is 0 Å². The van der Waals surface area contributed by atoms with E-state index in [9.17, 15) is 18.0 Å². The van der Waals surface area contributed by atoms with Crippen LogP contribution in [-0.2, 0) is 11.0 Å². The van der Waals surface area contributed by atoms with E-state index >= 15 is 0 Å². The van der Waals surface area contributed by atoms with Gasteiger partial charge in [0.25, 0.3) is 0 Å². The molecule has 1 amide bonds. The van der Waals surface area contributed by atoms with E-state index in [0.717, 1.165) is 44.2 Å². The number of benzene rings is 1. The van der Waals surface area contributed by atoms with Gasteiger partial charge in [-0.05, 0) is 31.0 Å². The van der Waals surface area contributed by atoms with Crippen LogP contribution >= 0.6 is 0 Å². The van der Waals surface area contributed by atoms with E-state index in [4.69, 9.17) is 5.73 Å². The zero-order valence-corrected chi connectivity index (χ0v) is 11.9. The van der Waals surface area contributed by atoms with E-state index in [0.29, 0.717) is 0 Å². The van der Waals surface area contributed by atoms with Gasteiger partial charge in [-0.15, -0.1) is 0 Å². The molecule has 21 heavy (non-hydrogen) atoms. The monoisotopic (exact) mass is 300 g/mol. The number of nitrogens with one attached hydrogen (secondary N) is 1. The molecular formula is C15H19F3N2O. The van der Waals surface area contributed by atoms with Crippen molar-refractivity contribution in [2.45, 2.75) is 45.2 Å². The molecule has 0 heterocycles. The van der Waals surface area contributed by atoms with Crippen LogP contribution in [-0.4, -0.2) is 5.91 Å². The maximum absolute atomic E-state index is 12.6. The number of nitrogens with two attached hydrogens (primary N) is 1. The molecule has 0 unspecified atom stereocenters. The Kier molecular flexibility index (Phi) is 4.16. The molecule has 0 saturated heterocycles. The Hall–Kier alpha value is -1.72. The minimum Gasteiger partial charge on any atom is -0.397 e. The number of hydrogen-bond acceptors (Lipinski definition) is 2. The van der Waals surface area contributed by atoms with Gasteiger partial charge in [-0.25, -0.2) is 0 Å². The van der Waals surface area contributed by atoms with Crippen LogP contribution in [0.2, 0.25) is 0 Å². The van der Waals surface area contributed by atoms with Gasteiger partial charge in [0.2, 0.25) is 5.91 Å². The van der Waals surface area contributed by atoms with Crippen molar-refractivity contribution in [1.29, 1.82) is 0 Å². The largest absolute Gasteiger partial charge is 0.416 e. The third-order valence-electron chi connectivity index (χ3n) is 4.13. The minimum absolute atomic E-state index is 0.0717. The fourth-order valence-electron chi connectivity index (χ4n) is 2.69. The fraction of sp³-hybridized carbons (Fsp3) is 0.533. The van der Waals surface area contributed by atoms with Crippen LogP contribution < -0.4 is 11.1 Å². The molecule has 1 aromatic rings. The van der Waals surface area contributed by atoms with Gasteiger partial charge < -0.3 is 11.1 Å². The Balaban J connectivity index is 2.14. The molecule has 2 rings (SSSR count). The van der Waals surface area contributed by atoms with E-state index in [-0.39, 0.29) is 17.3 Å². The number of nitrogen functional groups attached to an aromatic ring is 1. The first kappa shape index (κ1) is 15.7. The smallest absolute Gasteiger partial charge is 0.397 e. The quantitative estimate of drug-likeness (QED) is 0.804. The molecule has 0 atom stereocenters. The number of halogens is 3. The van der Waals surface area contributed by atoms with E-state index in [1.165, 1.54) is 6.07 Å². The Labute approximate surface area is 121 Å². The summed E-state index contributed by atoms with van der Waals surface area (Å²) in [6.07, 6.45) is 0.245. The highest BCUT2D eigenvalue weighted by Crippen LogP contribution is 2.38. The van der Waals surface area contributed by atoms with Crippen molar-refractivity contribution in [3.63, 3.8) is 0 Å². The predicted octanol–water partition coefficient (Wildman–Crippen LogP) is 4.20. The van der Waals surface area contributed by atoms with Gasteiger partial charge in [0.1, 0.15) is 0 Å². The number of hydrogen-bond donors (Lipinski definition) is 2. The predicted molar refractivity (Wildman–Crippen MR) is 75.7 cm³/mol. The van der Waals surface area contributed by atoms with Crippen LogP contribution in [0.25, 0.3) is 0 Å². The molecule has 6 heteroatoms. The summed E-state index contributed by atoms with van der Waals surface area (Å²) in [5.74, 6) is -0.173. The lowest BCUT2D eigenvalue weighted by Gasteiger charge is -2.32. The first-order chi connectivity index (χ1) is 9.72. The summed E-state index contributed by atoms with van der Waals surface area (Å²) in [5.41, 5.74) is 4.51. The van der Waals surface area contributed by atoms with Crippen molar-refractivity contribution < 1.29 is 18.0 Å². The molecule has 0 aliphatic heterocycles. The Morgan fingerprint density at radius 3 is 2.38 bits per heavy atom. The van der Waals surface area contributed by atoms with E-state index in [1.807, 2.05) is 6.92 Å². The average Bonchev–Trinajstić information content (AvgIpc) is 2.40. The van der Waals surface area contributed by atoms with Crippen LogP contribution in [0.1, 0.15) is 44.6 Å². The SMILES string of the molecule is CC1(C(=O)Nc2ccc(C(F)(F)F)cc2N)CCCCC1. The Morgan fingerprint density at radius 1 is 1.24 bits per heavy atom. The molecule has 1 saturated carbocycles. The topological polar surface area (TPSA) is 55.1 Å². The number of rotatable bonds is 2. The first-order valence-corrected chi connectivity index (χ1v) is 7.00. The highest BCUT2D eigenvalue weighted by atomic mass is 19.4. The average molecular weight is 300 g/mol. The summed E-state index contributed by atoms with van der Waals surface area (Å²) in [6, 6.07) is 2.98. The van der Waals surface area contributed by atoms with Crippen molar-refractivity contribution in [2.75, 3.05) is 11.1 Å². The summed E-state index contributed by atoms with van der Waals surface area (Å²) in [5, 5.41) is 2.67. The lowest BCUT2D eigenvalue weighted by Crippen LogP contribution is -2.35. The zero-order chi connectivity index (χ0) is 15.7.